The third-order valence-corrected chi connectivity index (χ3v) is 7.15. The van der Waals surface area contributed by atoms with Crippen molar-refractivity contribution >= 4 is 15.6 Å². The first-order chi connectivity index (χ1) is 11.4. The van der Waals surface area contributed by atoms with Crippen molar-refractivity contribution in [3.8, 4) is 0 Å². The first-order valence-corrected chi connectivity index (χ1v) is 9.12. The molecule has 0 radical (unpaired) electrons. The van der Waals surface area contributed by atoms with Gasteiger partial charge in [-0.1, -0.05) is 18.2 Å². The highest BCUT2D eigenvalue weighted by atomic mass is 32.2. The van der Waals surface area contributed by atoms with Crippen LogP contribution in [0.25, 0.3) is 0 Å². The van der Waals surface area contributed by atoms with E-state index in [0.717, 1.165) is 18.2 Å². The zero-order valence-electron chi connectivity index (χ0n) is 12.8. The van der Waals surface area contributed by atoms with Crippen molar-refractivity contribution < 1.29 is 22.0 Å². The zero-order valence-corrected chi connectivity index (χ0v) is 13.7. The lowest BCUT2D eigenvalue weighted by Gasteiger charge is -2.36. The minimum Gasteiger partial charge on any atom is -0.300 e. The molecule has 0 heterocycles. The average molecular weight is 350 g/mol. The maximum absolute atomic E-state index is 14.4. The van der Waals surface area contributed by atoms with Gasteiger partial charge in [0.25, 0.3) is 0 Å². The van der Waals surface area contributed by atoms with Crippen LogP contribution in [0.5, 0.6) is 0 Å². The molecule has 0 bridgehead atoms. The minimum absolute atomic E-state index is 0.0298. The SMILES string of the molecule is O=C1CCC(c2cc(F)ccc2F)(S(=O)(=O)c2ccccc2)CC1. The van der Waals surface area contributed by atoms with Gasteiger partial charge in [0.15, 0.2) is 9.84 Å². The van der Waals surface area contributed by atoms with Gasteiger partial charge in [0.1, 0.15) is 22.2 Å². The summed E-state index contributed by atoms with van der Waals surface area (Å²) >= 11 is 0. The van der Waals surface area contributed by atoms with Crippen LogP contribution in [0.1, 0.15) is 31.2 Å². The van der Waals surface area contributed by atoms with E-state index >= 15 is 0 Å². The van der Waals surface area contributed by atoms with Crippen molar-refractivity contribution in [3.05, 3.63) is 65.7 Å². The Morgan fingerprint density at radius 1 is 0.917 bits per heavy atom. The Hall–Kier alpha value is -2.08. The number of carbonyl (C=O) groups excluding carboxylic acids is 1. The topological polar surface area (TPSA) is 51.2 Å². The molecule has 24 heavy (non-hydrogen) atoms. The molecule has 0 amide bonds. The van der Waals surface area contributed by atoms with E-state index < -0.39 is 26.2 Å². The number of benzene rings is 2. The molecule has 1 saturated carbocycles. The second kappa shape index (κ2) is 6.09. The highest BCUT2D eigenvalue weighted by Crippen LogP contribution is 2.47. The molecule has 0 N–H and O–H groups in total. The van der Waals surface area contributed by atoms with Crippen LogP contribution >= 0.6 is 0 Å². The Balaban J connectivity index is 2.24. The molecule has 126 valence electrons. The molecule has 0 saturated heterocycles. The maximum Gasteiger partial charge on any atom is 0.188 e. The molecular formula is C18H16F2O3S. The molecule has 6 heteroatoms. The summed E-state index contributed by atoms with van der Waals surface area (Å²) in [5, 5.41) is 0. The van der Waals surface area contributed by atoms with Gasteiger partial charge in [-0.05, 0) is 43.2 Å². The van der Waals surface area contributed by atoms with Crippen LogP contribution in [-0.2, 0) is 19.4 Å². The predicted octanol–water partition coefficient (Wildman–Crippen LogP) is 3.78. The summed E-state index contributed by atoms with van der Waals surface area (Å²) in [6.45, 7) is 0. The van der Waals surface area contributed by atoms with Crippen LogP contribution in [0, 0.1) is 11.6 Å². The third-order valence-electron chi connectivity index (χ3n) is 4.60. The lowest BCUT2D eigenvalue weighted by molar-refractivity contribution is -0.120. The van der Waals surface area contributed by atoms with Gasteiger partial charge in [-0.25, -0.2) is 17.2 Å². The van der Waals surface area contributed by atoms with Gasteiger partial charge in [0, 0.05) is 18.4 Å². The second-order valence-electron chi connectivity index (χ2n) is 5.97. The van der Waals surface area contributed by atoms with Crippen LogP contribution in [-0.4, -0.2) is 14.2 Å². The lowest BCUT2D eigenvalue weighted by atomic mass is 9.82. The Kier molecular flexibility index (Phi) is 4.25. The first-order valence-electron chi connectivity index (χ1n) is 7.64. The van der Waals surface area contributed by atoms with Crippen LogP contribution < -0.4 is 0 Å². The van der Waals surface area contributed by atoms with E-state index in [1.807, 2.05) is 0 Å². The molecule has 0 unspecified atom stereocenters. The molecule has 0 spiro atoms. The Morgan fingerprint density at radius 3 is 2.17 bits per heavy atom. The number of Topliss-reactive ketones (excluding diaryl/α,β-unsaturated/α-hetero) is 1. The van der Waals surface area contributed by atoms with Gasteiger partial charge in [-0.3, -0.25) is 4.79 Å². The van der Waals surface area contributed by atoms with E-state index in [0.29, 0.717) is 0 Å². The van der Waals surface area contributed by atoms with Crippen molar-refractivity contribution in [2.45, 2.75) is 35.3 Å². The van der Waals surface area contributed by atoms with E-state index in [4.69, 9.17) is 0 Å². The quantitative estimate of drug-likeness (QED) is 0.846. The molecule has 1 aliphatic carbocycles. The van der Waals surface area contributed by atoms with Gasteiger partial charge < -0.3 is 0 Å². The lowest BCUT2D eigenvalue weighted by Crippen LogP contribution is -2.40. The highest BCUT2D eigenvalue weighted by Gasteiger charge is 2.49. The fraction of sp³-hybridized carbons (Fsp3) is 0.278. The number of halogens is 2. The van der Waals surface area contributed by atoms with Gasteiger partial charge in [-0.2, -0.15) is 0 Å². The number of ketones is 1. The van der Waals surface area contributed by atoms with E-state index in [9.17, 15) is 22.0 Å². The van der Waals surface area contributed by atoms with E-state index in [1.165, 1.54) is 12.1 Å². The molecule has 0 atom stereocenters. The van der Waals surface area contributed by atoms with Crippen molar-refractivity contribution in [1.82, 2.24) is 0 Å². The monoisotopic (exact) mass is 350 g/mol. The Bertz CT molecular complexity index is 866. The smallest absolute Gasteiger partial charge is 0.188 e. The molecular weight excluding hydrogens is 334 g/mol. The largest absolute Gasteiger partial charge is 0.300 e. The summed E-state index contributed by atoms with van der Waals surface area (Å²) in [4.78, 5) is 11.7. The average Bonchev–Trinajstić information content (AvgIpc) is 2.59. The van der Waals surface area contributed by atoms with Gasteiger partial charge >= 0.3 is 0 Å². The highest BCUT2D eigenvalue weighted by molar-refractivity contribution is 7.92. The minimum atomic E-state index is -4.00. The van der Waals surface area contributed by atoms with Gasteiger partial charge in [-0.15, -0.1) is 0 Å². The number of sulfone groups is 1. The van der Waals surface area contributed by atoms with Crippen molar-refractivity contribution in [1.29, 1.82) is 0 Å². The summed E-state index contributed by atoms with van der Waals surface area (Å²) in [5.41, 5.74) is -0.196. The van der Waals surface area contributed by atoms with Crippen molar-refractivity contribution in [3.63, 3.8) is 0 Å². The van der Waals surface area contributed by atoms with Crippen LogP contribution in [0.3, 0.4) is 0 Å². The first kappa shape index (κ1) is 16.8. The molecule has 3 nitrogen and oxygen atoms in total. The fourth-order valence-electron chi connectivity index (χ4n) is 3.29. The standard InChI is InChI=1S/C18H16F2O3S/c19-13-6-7-17(20)16(12-13)18(10-8-14(21)9-11-18)24(22,23)15-4-2-1-3-5-15/h1-7,12H,8-11H2. The van der Waals surface area contributed by atoms with Crippen molar-refractivity contribution in [2.75, 3.05) is 0 Å². The summed E-state index contributed by atoms with van der Waals surface area (Å²) in [6.07, 6.45) is -0.0447. The molecule has 0 aromatic heterocycles. The zero-order chi connectivity index (χ0) is 17.4. The molecule has 0 aliphatic heterocycles. The second-order valence-corrected chi connectivity index (χ2v) is 8.23. The Morgan fingerprint density at radius 2 is 1.54 bits per heavy atom. The summed E-state index contributed by atoms with van der Waals surface area (Å²) in [5.74, 6) is -1.54. The molecule has 2 aromatic carbocycles. The van der Waals surface area contributed by atoms with Crippen molar-refractivity contribution in [2.24, 2.45) is 0 Å². The van der Waals surface area contributed by atoms with Gasteiger partial charge in [0.05, 0.1) is 4.90 Å². The molecule has 1 fully saturated rings. The van der Waals surface area contributed by atoms with Crippen LogP contribution in [0.2, 0.25) is 0 Å². The number of hydrogen-bond donors (Lipinski definition) is 0. The predicted molar refractivity (Wildman–Crippen MR) is 85.1 cm³/mol. The third kappa shape index (κ3) is 2.65. The number of rotatable bonds is 3. The molecule has 1 aliphatic rings. The number of carbonyl (C=O) groups is 1. The Labute approximate surface area is 139 Å². The van der Waals surface area contributed by atoms with E-state index in [1.54, 1.807) is 18.2 Å². The summed E-state index contributed by atoms with van der Waals surface area (Å²) in [7, 11) is -4.00. The molecule has 2 aromatic rings. The maximum atomic E-state index is 14.4. The van der Waals surface area contributed by atoms with E-state index in [2.05, 4.69) is 0 Å². The number of hydrogen-bond acceptors (Lipinski definition) is 3. The van der Waals surface area contributed by atoms with Crippen LogP contribution in [0.15, 0.2) is 53.4 Å². The summed E-state index contributed by atoms with van der Waals surface area (Å²) < 4.78 is 53.1. The fourth-order valence-corrected chi connectivity index (χ4v) is 5.44. The van der Waals surface area contributed by atoms with Gasteiger partial charge in [0.2, 0.25) is 0 Å². The summed E-state index contributed by atoms with van der Waals surface area (Å²) in [6, 6.07) is 10.5. The molecule has 3 rings (SSSR count). The normalized spacial score (nSPS) is 17.7. The van der Waals surface area contributed by atoms with Crippen LogP contribution in [0.4, 0.5) is 8.78 Å². The van der Waals surface area contributed by atoms with E-state index in [-0.39, 0.29) is 41.9 Å².